The van der Waals surface area contributed by atoms with E-state index in [9.17, 15) is 0 Å². The number of methoxy groups -OCH3 is 1. The second-order valence-electron chi connectivity index (χ2n) is 9.18. The van der Waals surface area contributed by atoms with Crippen LogP contribution >= 0.6 is 11.6 Å². The van der Waals surface area contributed by atoms with E-state index in [0.29, 0.717) is 0 Å². The van der Waals surface area contributed by atoms with Crippen molar-refractivity contribution in [3.8, 4) is 11.8 Å². The van der Waals surface area contributed by atoms with Gasteiger partial charge in [-0.15, -0.1) is 11.6 Å². The fraction of sp³-hybridized carbons (Fsp3) is 0.355. The minimum atomic E-state index is -0.898. The molecule has 0 N–H and O–H groups in total. The summed E-state index contributed by atoms with van der Waals surface area (Å²) in [6, 6.07) is 30.6. The summed E-state index contributed by atoms with van der Waals surface area (Å²) in [5.41, 5.74) is 2.10. The summed E-state index contributed by atoms with van der Waals surface area (Å²) in [4.78, 5) is 0. The van der Waals surface area contributed by atoms with Crippen molar-refractivity contribution in [2.45, 2.75) is 43.5 Å². The number of hydrogen-bond acceptors (Lipinski definition) is 5. The highest BCUT2D eigenvalue weighted by atomic mass is 35.5. The summed E-state index contributed by atoms with van der Waals surface area (Å²) in [5, 5.41) is 0. The number of halogens is 1. The molecule has 0 aliphatic carbocycles. The number of ether oxygens (including phenoxy) is 5. The average molecular weight is 521 g/mol. The molecule has 3 aromatic rings. The van der Waals surface area contributed by atoms with E-state index < -0.39 is 29.7 Å². The Morgan fingerprint density at radius 1 is 0.865 bits per heavy atom. The Labute approximate surface area is 224 Å². The van der Waals surface area contributed by atoms with Gasteiger partial charge in [0.25, 0.3) is 0 Å². The van der Waals surface area contributed by atoms with Crippen LogP contribution in [0.3, 0.4) is 0 Å². The topological polar surface area (TPSA) is 46.2 Å². The number of benzene rings is 3. The summed E-state index contributed by atoms with van der Waals surface area (Å²) in [7, 11) is 1.58. The molecule has 0 unspecified atom stereocenters. The molecule has 6 heteroatoms. The summed E-state index contributed by atoms with van der Waals surface area (Å²) < 4.78 is 30.7. The summed E-state index contributed by atoms with van der Waals surface area (Å²) in [6.07, 6.45) is -1.58. The van der Waals surface area contributed by atoms with Gasteiger partial charge in [-0.3, -0.25) is 0 Å². The molecule has 1 fully saturated rings. The SMILES string of the molecule is COCO[C@@H](COC(c1ccccc1)(c1ccccc1)c1ccccc1)[C@@H]1OC(C)(C)O[C@@H]1C#CCCl. The minimum absolute atomic E-state index is 0.0684. The minimum Gasteiger partial charge on any atom is -0.359 e. The molecule has 0 spiro atoms. The normalized spacial score (nSPS) is 19.7. The van der Waals surface area contributed by atoms with E-state index in [1.807, 2.05) is 68.4 Å². The van der Waals surface area contributed by atoms with Crippen LogP contribution in [-0.4, -0.2) is 50.5 Å². The van der Waals surface area contributed by atoms with Gasteiger partial charge in [-0.1, -0.05) is 103 Å². The molecule has 0 bridgehead atoms. The molecule has 194 valence electrons. The van der Waals surface area contributed by atoms with E-state index >= 15 is 0 Å². The lowest BCUT2D eigenvalue weighted by atomic mass is 9.80. The van der Waals surface area contributed by atoms with Gasteiger partial charge in [0.05, 0.1) is 12.5 Å². The Bertz CT molecular complexity index is 1060. The molecule has 1 saturated heterocycles. The highest BCUT2D eigenvalue weighted by Crippen LogP contribution is 2.41. The molecule has 37 heavy (non-hydrogen) atoms. The fourth-order valence-electron chi connectivity index (χ4n) is 4.68. The molecule has 1 aliphatic rings. The van der Waals surface area contributed by atoms with Crippen molar-refractivity contribution in [3.05, 3.63) is 108 Å². The lowest BCUT2D eigenvalue weighted by Gasteiger charge is -2.38. The quantitative estimate of drug-likeness (QED) is 0.147. The van der Waals surface area contributed by atoms with Gasteiger partial charge in [0.2, 0.25) is 0 Å². The first-order valence-electron chi connectivity index (χ1n) is 12.3. The fourth-order valence-corrected chi connectivity index (χ4v) is 4.76. The van der Waals surface area contributed by atoms with Crippen molar-refractivity contribution in [1.29, 1.82) is 0 Å². The highest BCUT2D eigenvalue weighted by molar-refractivity contribution is 6.19. The molecule has 3 aromatic carbocycles. The van der Waals surface area contributed by atoms with Crippen LogP contribution in [0.2, 0.25) is 0 Å². The molecule has 0 amide bonds. The number of hydrogen-bond donors (Lipinski definition) is 0. The molecule has 4 rings (SSSR count). The van der Waals surface area contributed by atoms with E-state index in [4.69, 9.17) is 35.3 Å². The molecule has 1 aliphatic heterocycles. The van der Waals surface area contributed by atoms with Crippen molar-refractivity contribution in [2.24, 2.45) is 0 Å². The van der Waals surface area contributed by atoms with Crippen LogP contribution in [0.25, 0.3) is 0 Å². The molecular formula is C31H33ClO5. The summed E-state index contributed by atoms with van der Waals surface area (Å²) in [6.45, 7) is 3.97. The van der Waals surface area contributed by atoms with Crippen LogP contribution in [0.5, 0.6) is 0 Å². The van der Waals surface area contributed by atoms with Gasteiger partial charge in [-0.25, -0.2) is 0 Å². The van der Waals surface area contributed by atoms with Gasteiger partial charge < -0.3 is 23.7 Å². The summed E-state index contributed by atoms with van der Waals surface area (Å²) >= 11 is 5.84. The van der Waals surface area contributed by atoms with Crippen LogP contribution in [0, 0.1) is 11.8 Å². The molecule has 0 aromatic heterocycles. The van der Waals surface area contributed by atoms with Crippen molar-refractivity contribution >= 4 is 11.6 Å². The Balaban J connectivity index is 1.77. The average Bonchev–Trinajstić information content (AvgIpc) is 3.25. The van der Waals surface area contributed by atoms with Gasteiger partial charge >= 0.3 is 0 Å². The molecule has 0 saturated carbocycles. The monoisotopic (exact) mass is 520 g/mol. The zero-order chi connectivity index (χ0) is 26.1. The second kappa shape index (κ2) is 12.7. The highest BCUT2D eigenvalue weighted by Gasteiger charge is 2.47. The summed E-state index contributed by atoms with van der Waals surface area (Å²) in [5.74, 6) is 5.35. The lowest BCUT2D eigenvalue weighted by Crippen LogP contribution is -2.44. The van der Waals surface area contributed by atoms with Crippen LogP contribution in [0.1, 0.15) is 30.5 Å². The third-order valence-corrected chi connectivity index (χ3v) is 6.35. The molecule has 1 heterocycles. The molecule has 5 nitrogen and oxygen atoms in total. The van der Waals surface area contributed by atoms with Gasteiger partial charge in [0, 0.05) is 7.11 Å². The van der Waals surface area contributed by atoms with Crippen molar-refractivity contribution in [1.82, 2.24) is 0 Å². The molecular weight excluding hydrogens is 488 g/mol. The molecule has 0 radical (unpaired) electrons. The van der Waals surface area contributed by atoms with Crippen LogP contribution in [0.4, 0.5) is 0 Å². The first-order valence-corrected chi connectivity index (χ1v) is 12.8. The van der Waals surface area contributed by atoms with E-state index in [1.54, 1.807) is 7.11 Å². The van der Waals surface area contributed by atoms with E-state index in [1.165, 1.54) is 0 Å². The van der Waals surface area contributed by atoms with Crippen LogP contribution in [-0.2, 0) is 29.3 Å². The standard InChI is InChI=1S/C31H33ClO5/c1-30(2)36-27(20-13-21-32)29(37-30)28(34-23-33-3)22-35-31(24-14-7-4-8-15-24,25-16-9-5-10-17-25)26-18-11-6-12-19-26/h4-12,14-19,27-29H,21-23H2,1-3H3/t27-,28+,29-/m1/s1. The van der Waals surface area contributed by atoms with Crippen molar-refractivity contribution in [2.75, 3.05) is 26.4 Å². The smallest absolute Gasteiger partial charge is 0.165 e. The predicted octanol–water partition coefficient (Wildman–Crippen LogP) is 5.75. The Hall–Kier alpha value is -2.69. The van der Waals surface area contributed by atoms with E-state index in [2.05, 4.69) is 48.2 Å². The van der Waals surface area contributed by atoms with Gasteiger partial charge in [0.15, 0.2) is 5.79 Å². The van der Waals surface area contributed by atoms with Gasteiger partial charge in [-0.2, -0.15) is 0 Å². The second-order valence-corrected chi connectivity index (χ2v) is 9.44. The van der Waals surface area contributed by atoms with E-state index in [0.717, 1.165) is 16.7 Å². The first-order chi connectivity index (χ1) is 18.0. The predicted molar refractivity (Wildman–Crippen MR) is 144 cm³/mol. The van der Waals surface area contributed by atoms with Crippen LogP contribution in [0.15, 0.2) is 91.0 Å². The Morgan fingerprint density at radius 3 is 1.84 bits per heavy atom. The van der Waals surface area contributed by atoms with Gasteiger partial charge in [-0.05, 0) is 30.5 Å². The number of rotatable bonds is 10. The Morgan fingerprint density at radius 2 is 1.38 bits per heavy atom. The zero-order valence-corrected chi connectivity index (χ0v) is 22.2. The third kappa shape index (κ3) is 6.42. The third-order valence-electron chi connectivity index (χ3n) is 6.21. The zero-order valence-electron chi connectivity index (χ0n) is 21.4. The largest absolute Gasteiger partial charge is 0.359 e. The maximum atomic E-state index is 6.99. The Kier molecular flexibility index (Phi) is 9.39. The van der Waals surface area contributed by atoms with Crippen LogP contribution < -0.4 is 0 Å². The number of alkyl halides is 1. The maximum Gasteiger partial charge on any atom is 0.165 e. The maximum absolute atomic E-state index is 6.99. The first kappa shape index (κ1) is 27.3. The van der Waals surface area contributed by atoms with Crippen molar-refractivity contribution < 1.29 is 23.7 Å². The molecule has 3 atom stereocenters. The van der Waals surface area contributed by atoms with E-state index in [-0.39, 0.29) is 19.3 Å². The lowest BCUT2D eigenvalue weighted by molar-refractivity contribution is -0.184. The van der Waals surface area contributed by atoms with Gasteiger partial charge in [0.1, 0.15) is 30.7 Å². The van der Waals surface area contributed by atoms with Crippen molar-refractivity contribution in [3.63, 3.8) is 0 Å².